The van der Waals surface area contributed by atoms with Crippen molar-refractivity contribution >= 4 is 21.5 Å². The summed E-state index contributed by atoms with van der Waals surface area (Å²) in [4.78, 5) is 21.0. The Hall–Kier alpha value is -13.8. The molecule has 4 heteroatoms. The van der Waals surface area contributed by atoms with E-state index in [0.717, 1.165) is 66.9 Å². The Morgan fingerprint density at radius 2 is 0.472 bits per heavy atom. The van der Waals surface area contributed by atoms with Gasteiger partial charge in [0, 0.05) is 33.4 Å². The van der Waals surface area contributed by atoms with Gasteiger partial charge >= 0.3 is 0 Å². The van der Waals surface area contributed by atoms with Crippen LogP contribution in [0.2, 0.25) is 0 Å². The van der Waals surface area contributed by atoms with Crippen LogP contribution in [-0.4, -0.2) is 19.9 Å². The van der Waals surface area contributed by atoms with Crippen LogP contribution in [0.25, 0.3) is 134 Å². The quantitative estimate of drug-likeness (QED) is 0.122. The van der Waals surface area contributed by atoms with E-state index in [1.165, 1.54) is 99.8 Å². The van der Waals surface area contributed by atoms with Gasteiger partial charge in [0.05, 0.1) is 33.6 Å². The molecule has 0 fully saturated rings. The molecule has 0 aliphatic heterocycles. The first-order chi connectivity index (χ1) is 52.6. The molecule has 2 heterocycles. The molecule has 0 unspecified atom stereocenters. The molecule has 18 aromatic rings. The first kappa shape index (κ1) is 63.1. The molecule has 4 nitrogen and oxygen atoms in total. The Labute approximate surface area is 617 Å². The number of benzene rings is 16. The molecule has 106 heavy (non-hydrogen) atoms. The minimum atomic E-state index is -0.509. The lowest BCUT2D eigenvalue weighted by Crippen LogP contribution is -2.28. The van der Waals surface area contributed by atoms with Crippen LogP contribution in [0.1, 0.15) is 44.5 Å². The fourth-order valence-corrected chi connectivity index (χ4v) is 16.8. The Morgan fingerprint density at radius 3 is 0.896 bits per heavy atom. The molecule has 496 valence electrons. The standard InChI is InChI=1S/2C51H34N2/c1-5-16-35(17-6-1)36-28-30-38(31-29-36)48-34-47(37-18-7-2-8-19-37)52-50(53-48)45-26-15-25-43-41(45)32-33-44-42-24-13-14-27-46(42)51(49(43)44,39-20-9-3-10-21-39)40-22-11-4-12-23-40;1-5-15-35(16-6-1)36-25-27-38(28-26-36)48-34-47(37-17-7-2-8-18-37)52-50(53-48)40-30-31-43-39(33-40)29-32-45-44-23-13-14-24-46(44)51(49(43)45,41-19-9-3-10-20-41)42-21-11-4-12-22-42/h2*1-34H. The zero-order valence-electron chi connectivity index (χ0n) is 58.0. The van der Waals surface area contributed by atoms with Crippen molar-refractivity contribution in [2.24, 2.45) is 0 Å². The molecule has 16 aromatic carbocycles. The fraction of sp³-hybridized carbons (Fsp3) is 0.0196. The zero-order chi connectivity index (χ0) is 70.4. The maximum Gasteiger partial charge on any atom is 0.161 e. The van der Waals surface area contributed by atoms with Gasteiger partial charge in [-0.3, -0.25) is 0 Å². The third kappa shape index (κ3) is 10.8. The van der Waals surface area contributed by atoms with Gasteiger partial charge < -0.3 is 0 Å². The van der Waals surface area contributed by atoms with Crippen molar-refractivity contribution in [3.05, 3.63) is 457 Å². The average Bonchev–Trinajstić information content (AvgIpc) is 1.52. The molecule has 0 spiro atoms. The van der Waals surface area contributed by atoms with Crippen molar-refractivity contribution in [2.75, 3.05) is 0 Å². The lowest BCUT2D eigenvalue weighted by Gasteiger charge is -2.34. The molecule has 0 N–H and O–H groups in total. The van der Waals surface area contributed by atoms with Gasteiger partial charge in [0.2, 0.25) is 0 Å². The first-order valence-electron chi connectivity index (χ1n) is 36.3. The fourth-order valence-electron chi connectivity index (χ4n) is 16.8. The summed E-state index contributed by atoms with van der Waals surface area (Å²) in [6.45, 7) is 0. The van der Waals surface area contributed by atoms with E-state index < -0.39 is 10.8 Å². The van der Waals surface area contributed by atoms with Gasteiger partial charge in [-0.2, -0.15) is 0 Å². The summed E-state index contributed by atoms with van der Waals surface area (Å²) >= 11 is 0. The Kier molecular flexibility index (Phi) is 16.0. The first-order valence-corrected chi connectivity index (χ1v) is 36.3. The molecule has 0 radical (unpaired) electrons. The van der Waals surface area contributed by atoms with Crippen LogP contribution in [0.15, 0.2) is 413 Å². The van der Waals surface area contributed by atoms with E-state index in [4.69, 9.17) is 19.9 Å². The number of fused-ring (bicyclic) bond motifs is 10. The molecule has 0 bridgehead atoms. The van der Waals surface area contributed by atoms with Crippen molar-refractivity contribution in [1.82, 2.24) is 19.9 Å². The number of rotatable bonds is 12. The second-order valence-electron chi connectivity index (χ2n) is 27.4. The van der Waals surface area contributed by atoms with Crippen molar-refractivity contribution in [1.29, 1.82) is 0 Å². The molecule has 0 saturated carbocycles. The summed E-state index contributed by atoms with van der Waals surface area (Å²) in [5.41, 5.74) is 28.9. The van der Waals surface area contributed by atoms with E-state index in [1.54, 1.807) is 0 Å². The highest BCUT2D eigenvalue weighted by Gasteiger charge is 2.49. The van der Waals surface area contributed by atoms with Gasteiger partial charge in [0.15, 0.2) is 11.6 Å². The molecule has 20 rings (SSSR count). The Morgan fingerprint density at radius 1 is 0.170 bits per heavy atom. The van der Waals surface area contributed by atoms with Crippen LogP contribution in [0, 0.1) is 0 Å². The van der Waals surface area contributed by atoms with Gasteiger partial charge in [-0.1, -0.05) is 394 Å². The second kappa shape index (κ2) is 26.9. The second-order valence-corrected chi connectivity index (χ2v) is 27.4. The van der Waals surface area contributed by atoms with Gasteiger partial charge in [0.25, 0.3) is 0 Å². The third-order valence-corrected chi connectivity index (χ3v) is 21.6. The molecule has 2 aliphatic carbocycles. The number of hydrogen-bond acceptors (Lipinski definition) is 4. The maximum atomic E-state index is 5.33. The SMILES string of the molecule is c1ccc(-c2ccc(-c3cc(-c4ccccc4)nc(-c4ccc5c6c(ccc5c4)-c4ccccc4C6(c4ccccc4)c4ccccc4)n3)cc2)cc1.c1ccc(-c2ccc(-c3cc(-c4ccccc4)nc(-c4cccc5c6c(ccc45)-c4ccccc4C6(c4ccccc4)c4ccccc4)n3)cc2)cc1. The molecule has 0 saturated heterocycles. The average molecular weight is 1350 g/mol. The number of hydrogen-bond donors (Lipinski definition) is 0. The summed E-state index contributed by atoms with van der Waals surface area (Å²) in [6, 6.07) is 148. The Balaban J connectivity index is 0.000000145. The molecular weight excluding hydrogens is 1280 g/mol. The summed E-state index contributed by atoms with van der Waals surface area (Å²) in [6.07, 6.45) is 0. The lowest BCUT2D eigenvalue weighted by molar-refractivity contribution is 0.775. The van der Waals surface area contributed by atoms with Crippen LogP contribution >= 0.6 is 0 Å². The van der Waals surface area contributed by atoms with E-state index in [-0.39, 0.29) is 0 Å². The van der Waals surface area contributed by atoms with E-state index in [9.17, 15) is 0 Å². The van der Waals surface area contributed by atoms with Gasteiger partial charge in [-0.25, -0.2) is 19.9 Å². The third-order valence-electron chi connectivity index (χ3n) is 21.6. The molecule has 0 amide bonds. The van der Waals surface area contributed by atoms with Crippen LogP contribution < -0.4 is 0 Å². The van der Waals surface area contributed by atoms with E-state index in [1.807, 2.05) is 18.2 Å². The summed E-state index contributed by atoms with van der Waals surface area (Å²) in [7, 11) is 0. The maximum absolute atomic E-state index is 5.33. The molecule has 2 aromatic heterocycles. The molecular formula is C102H68N4. The van der Waals surface area contributed by atoms with E-state index in [0.29, 0.717) is 11.6 Å². The minimum Gasteiger partial charge on any atom is -0.228 e. The smallest absolute Gasteiger partial charge is 0.161 e. The summed E-state index contributed by atoms with van der Waals surface area (Å²) < 4.78 is 0. The van der Waals surface area contributed by atoms with Crippen molar-refractivity contribution in [3.63, 3.8) is 0 Å². The lowest BCUT2D eigenvalue weighted by atomic mass is 9.66. The van der Waals surface area contributed by atoms with Crippen molar-refractivity contribution < 1.29 is 0 Å². The number of nitrogens with zero attached hydrogens (tertiary/aromatic N) is 4. The predicted molar refractivity (Wildman–Crippen MR) is 437 cm³/mol. The van der Waals surface area contributed by atoms with Gasteiger partial charge in [-0.15, -0.1) is 0 Å². The normalized spacial score (nSPS) is 12.7. The highest BCUT2D eigenvalue weighted by molar-refractivity contribution is 6.06. The van der Waals surface area contributed by atoms with Crippen LogP contribution in [-0.2, 0) is 10.8 Å². The van der Waals surface area contributed by atoms with Crippen LogP contribution in [0.5, 0.6) is 0 Å². The van der Waals surface area contributed by atoms with Gasteiger partial charge in [0.1, 0.15) is 0 Å². The highest BCUT2D eigenvalue weighted by atomic mass is 14.9. The number of aromatic nitrogens is 4. The summed E-state index contributed by atoms with van der Waals surface area (Å²) in [5, 5.41) is 4.72. The van der Waals surface area contributed by atoms with E-state index in [2.05, 4.69) is 394 Å². The van der Waals surface area contributed by atoms with E-state index >= 15 is 0 Å². The van der Waals surface area contributed by atoms with Crippen molar-refractivity contribution in [2.45, 2.75) is 10.8 Å². The Bertz CT molecular complexity index is 6170. The summed E-state index contributed by atoms with van der Waals surface area (Å²) in [5.74, 6) is 1.41. The zero-order valence-corrected chi connectivity index (χ0v) is 58.0. The topological polar surface area (TPSA) is 51.6 Å². The predicted octanol–water partition coefficient (Wildman–Crippen LogP) is 25.3. The minimum absolute atomic E-state index is 0.474. The highest BCUT2D eigenvalue weighted by Crippen LogP contribution is 2.60. The monoisotopic (exact) mass is 1350 g/mol. The van der Waals surface area contributed by atoms with Crippen LogP contribution in [0.3, 0.4) is 0 Å². The molecule has 0 atom stereocenters. The van der Waals surface area contributed by atoms with Crippen molar-refractivity contribution in [3.8, 4) is 112 Å². The van der Waals surface area contributed by atoms with Gasteiger partial charge in [-0.05, 0) is 129 Å². The molecule has 2 aliphatic rings. The largest absolute Gasteiger partial charge is 0.228 e. The van der Waals surface area contributed by atoms with Crippen LogP contribution in [0.4, 0.5) is 0 Å².